The average Bonchev–Trinajstić information content (AvgIpc) is 3.94. The molecule has 0 saturated carbocycles. The SMILES string of the molecule is CSCC[C@H](NC(=O)[C@@H]1CCCN1C(=O)[C@H](CCC(N)=O)NC(=O)[C@@H]1CCCN1C(=O)[C@H](C)NC(=O)[C@@H](N)CC(=O)O)C(=O)NCC(=O)N1CCC[C@H]1C(=O)O. The number of nitrogens with two attached hydrogens (primary N) is 2. The molecular formula is C34H53N9O12S. The molecule has 3 fully saturated rings. The molecule has 8 amide bonds. The number of likely N-dealkylation sites (tertiary alicyclic amines) is 3. The fourth-order valence-electron chi connectivity index (χ4n) is 7.01. The summed E-state index contributed by atoms with van der Waals surface area (Å²) in [5.41, 5.74) is 11.0. The lowest BCUT2D eigenvalue weighted by Gasteiger charge is -2.32. The number of rotatable bonds is 20. The number of nitrogens with one attached hydrogen (secondary N) is 4. The molecule has 0 aromatic heterocycles. The third kappa shape index (κ3) is 12.5. The first-order valence-electron chi connectivity index (χ1n) is 18.5. The van der Waals surface area contributed by atoms with Crippen LogP contribution in [0.2, 0.25) is 0 Å². The van der Waals surface area contributed by atoms with Crippen LogP contribution >= 0.6 is 11.8 Å². The second-order valence-electron chi connectivity index (χ2n) is 14.0. The summed E-state index contributed by atoms with van der Waals surface area (Å²) in [5, 5.41) is 28.5. The summed E-state index contributed by atoms with van der Waals surface area (Å²) < 4.78 is 0. The maximum absolute atomic E-state index is 14.0. The Balaban J connectivity index is 1.69. The van der Waals surface area contributed by atoms with Crippen molar-refractivity contribution in [2.24, 2.45) is 11.5 Å². The minimum Gasteiger partial charge on any atom is -0.481 e. The number of primary amides is 1. The van der Waals surface area contributed by atoms with Gasteiger partial charge in [-0.2, -0.15) is 11.8 Å². The summed E-state index contributed by atoms with van der Waals surface area (Å²) in [4.78, 5) is 131. The first-order valence-corrected chi connectivity index (χ1v) is 19.9. The first kappa shape index (κ1) is 45.4. The van der Waals surface area contributed by atoms with E-state index in [1.54, 1.807) is 6.26 Å². The fourth-order valence-corrected chi connectivity index (χ4v) is 7.48. The zero-order chi connectivity index (χ0) is 41.7. The number of carboxylic acids is 2. The number of amides is 8. The first-order chi connectivity index (χ1) is 26.5. The van der Waals surface area contributed by atoms with Crippen LogP contribution in [0, 0.1) is 0 Å². The highest BCUT2D eigenvalue weighted by atomic mass is 32.2. The van der Waals surface area contributed by atoms with Gasteiger partial charge in [0.1, 0.15) is 36.3 Å². The van der Waals surface area contributed by atoms with Gasteiger partial charge in [0.05, 0.1) is 19.0 Å². The molecule has 0 bridgehead atoms. The van der Waals surface area contributed by atoms with Crippen molar-refractivity contribution in [2.75, 3.05) is 38.2 Å². The molecule has 10 N–H and O–H groups in total. The number of aliphatic carboxylic acids is 2. The molecule has 0 aliphatic carbocycles. The van der Waals surface area contributed by atoms with Gasteiger partial charge < -0.3 is 57.6 Å². The van der Waals surface area contributed by atoms with Gasteiger partial charge in [-0.3, -0.25) is 43.2 Å². The number of carbonyl (C=O) groups excluding carboxylic acids is 8. The van der Waals surface area contributed by atoms with Crippen LogP contribution in [0.4, 0.5) is 0 Å². The highest BCUT2D eigenvalue weighted by molar-refractivity contribution is 7.98. The molecule has 3 rings (SSSR count). The molecule has 3 saturated heterocycles. The van der Waals surface area contributed by atoms with E-state index in [0.29, 0.717) is 31.4 Å². The molecule has 0 aromatic carbocycles. The Bertz CT molecular complexity index is 1530. The monoisotopic (exact) mass is 811 g/mol. The predicted molar refractivity (Wildman–Crippen MR) is 198 cm³/mol. The quantitative estimate of drug-likeness (QED) is 0.0591. The summed E-state index contributed by atoms with van der Waals surface area (Å²) in [6.07, 6.45) is 2.89. The second kappa shape index (κ2) is 21.3. The van der Waals surface area contributed by atoms with Crippen molar-refractivity contribution in [3.63, 3.8) is 0 Å². The Labute approximate surface area is 327 Å². The van der Waals surface area contributed by atoms with Gasteiger partial charge in [0.25, 0.3) is 0 Å². The third-order valence-corrected chi connectivity index (χ3v) is 10.6. The summed E-state index contributed by atoms with van der Waals surface area (Å²) in [6.45, 7) is 1.40. The molecular weight excluding hydrogens is 758 g/mol. The van der Waals surface area contributed by atoms with E-state index in [1.807, 2.05) is 0 Å². The molecule has 7 atom stereocenters. The predicted octanol–water partition coefficient (Wildman–Crippen LogP) is -3.54. The van der Waals surface area contributed by atoms with Crippen molar-refractivity contribution in [2.45, 2.75) is 113 Å². The van der Waals surface area contributed by atoms with Gasteiger partial charge in [-0.15, -0.1) is 0 Å². The lowest BCUT2D eigenvalue weighted by Crippen LogP contribution is -2.59. The molecule has 3 aliphatic rings. The van der Waals surface area contributed by atoms with E-state index in [9.17, 15) is 53.1 Å². The maximum atomic E-state index is 14.0. The van der Waals surface area contributed by atoms with Gasteiger partial charge in [-0.25, -0.2) is 4.79 Å². The minimum absolute atomic E-state index is 0.117. The van der Waals surface area contributed by atoms with Crippen LogP contribution in [0.5, 0.6) is 0 Å². The standard InChI is InChI=1S/C34H53N9O12S/c1-18(38-28(48)19(35)16-27(46)47)32(52)42-13-3-6-22(42)31(51)40-21(9-10-25(36)44)33(53)43-14-4-7-23(43)30(50)39-20(11-15-56-2)29(49)37-17-26(45)41-12-5-8-24(41)34(54)55/h18-24H,3-17,35H2,1-2H3,(H2,36,44)(H,37,49)(H,38,48)(H,39,50)(H,40,51)(H,46,47)(H,54,55)/t18-,19-,20-,21-,22-,23-,24-/m0/s1. The van der Waals surface area contributed by atoms with Crippen LogP contribution in [-0.4, -0.2) is 165 Å². The van der Waals surface area contributed by atoms with Gasteiger partial charge >= 0.3 is 11.9 Å². The maximum Gasteiger partial charge on any atom is 0.326 e. The molecule has 312 valence electrons. The average molecular weight is 812 g/mol. The van der Waals surface area contributed by atoms with Crippen molar-refractivity contribution in [3.05, 3.63) is 0 Å². The zero-order valence-electron chi connectivity index (χ0n) is 31.5. The highest BCUT2D eigenvalue weighted by Gasteiger charge is 2.42. The lowest BCUT2D eigenvalue weighted by atomic mass is 10.1. The number of hydrogen-bond acceptors (Lipinski definition) is 12. The molecule has 0 unspecified atom stereocenters. The number of carboxylic acid groups (broad SMARTS) is 2. The minimum atomic E-state index is -1.40. The Morgan fingerprint density at radius 2 is 1.27 bits per heavy atom. The van der Waals surface area contributed by atoms with Crippen LogP contribution in [0.15, 0.2) is 0 Å². The smallest absolute Gasteiger partial charge is 0.326 e. The number of thioether (sulfide) groups is 1. The molecule has 0 radical (unpaired) electrons. The van der Waals surface area contributed by atoms with Gasteiger partial charge in [0.15, 0.2) is 0 Å². The molecule has 3 aliphatic heterocycles. The second-order valence-corrected chi connectivity index (χ2v) is 15.0. The number of hydrogen-bond donors (Lipinski definition) is 8. The van der Waals surface area contributed by atoms with Crippen LogP contribution in [0.1, 0.15) is 71.1 Å². The molecule has 22 heteroatoms. The molecule has 0 spiro atoms. The number of carbonyl (C=O) groups is 10. The van der Waals surface area contributed by atoms with Crippen LogP contribution in [0.25, 0.3) is 0 Å². The van der Waals surface area contributed by atoms with E-state index < -0.39 is 114 Å². The highest BCUT2D eigenvalue weighted by Crippen LogP contribution is 2.23. The summed E-state index contributed by atoms with van der Waals surface area (Å²) in [5.74, 6) is -7.52. The van der Waals surface area contributed by atoms with Crippen molar-refractivity contribution in [1.82, 2.24) is 36.0 Å². The molecule has 21 nitrogen and oxygen atoms in total. The van der Waals surface area contributed by atoms with Crippen LogP contribution in [0.3, 0.4) is 0 Å². The van der Waals surface area contributed by atoms with Crippen molar-refractivity contribution in [1.29, 1.82) is 0 Å². The summed E-state index contributed by atoms with van der Waals surface area (Å²) >= 11 is 1.42. The Kier molecular flexibility index (Phi) is 17.3. The van der Waals surface area contributed by atoms with Crippen molar-refractivity contribution >= 4 is 71.0 Å². The lowest BCUT2D eigenvalue weighted by molar-refractivity contribution is -0.148. The van der Waals surface area contributed by atoms with E-state index in [-0.39, 0.29) is 51.7 Å². The van der Waals surface area contributed by atoms with Gasteiger partial charge in [0.2, 0.25) is 47.3 Å². The van der Waals surface area contributed by atoms with E-state index >= 15 is 0 Å². The molecule has 0 aromatic rings. The van der Waals surface area contributed by atoms with Crippen molar-refractivity contribution < 1.29 is 58.2 Å². The largest absolute Gasteiger partial charge is 0.481 e. The van der Waals surface area contributed by atoms with Crippen LogP contribution < -0.4 is 32.7 Å². The van der Waals surface area contributed by atoms with E-state index in [0.717, 1.165) is 0 Å². The summed E-state index contributed by atoms with van der Waals surface area (Å²) in [7, 11) is 0. The fraction of sp³-hybridized carbons (Fsp3) is 0.706. The van der Waals surface area contributed by atoms with E-state index in [4.69, 9.17) is 16.6 Å². The Morgan fingerprint density at radius 3 is 1.80 bits per heavy atom. The Hall–Kier alpha value is -4.99. The Morgan fingerprint density at radius 1 is 0.732 bits per heavy atom. The van der Waals surface area contributed by atoms with Gasteiger partial charge in [-0.1, -0.05) is 0 Å². The van der Waals surface area contributed by atoms with E-state index in [2.05, 4.69) is 21.3 Å². The van der Waals surface area contributed by atoms with E-state index in [1.165, 1.54) is 33.4 Å². The third-order valence-electron chi connectivity index (χ3n) is 9.95. The summed E-state index contributed by atoms with van der Waals surface area (Å²) in [6, 6.07) is -8.07. The van der Waals surface area contributed by atoms with Crippen LogP contribution in [-0.2, 0) is 47.9 Å². The molecule has 3 heterocycles. The van der Waals surface area contributed by atoms with Gasteiger partial charge in [-0.05, 0) is 70.3 Å². The molecule has 56 heavy (non-hydrogen) atoms. The number of nitrogens with zero attached hydrogens (tertiary/aromatic N) is 3. The van der Waals surface area contributed by atoms with Crippen molar-refractivity contribution in [3.8, 4) is 0 Å². The normalized spacial score (nSPS) is 21.3. The zero-order valence-corrected chi connectivity index (χ0v) is 32.3. The van der Waals surface area contributed by atoms with Gasteiger partial charge in [0, 0.05) is 26.1 Å². The topological polar surface area (TPSA) is 321 Å².